The molecule has 4 aliphatic carbocycles. The third-order valence-corrected chi connectivity index (χ3v) is 16.3. The highest BCUT2D eigenvalue weighted by atomic mass is 15.0. The average Bonchev–Trinajstić information content (AvgIpc) is 4.23. The summed E-state index contributed by atoms with van der Waals surface area (Å²) in [5, 5.41) is 5.21. The zero-order valence-electron chi connectivity index (χ0n) is 36.7. The Hall–Kier alpha value is -7.22. The van der Waals surface area contributed by atoms with Gasteiger partial charge in [-0.15, -0.1) is 0 Å². The van der Waals surface area contributed by atoms with Gasteiger partial charge in [-0.1, -0.05) is 189 Å². The summed E-state index contributed by atoms with van der Waals surface area (Å²) in [6.07, 6.45) is 9.99. The minimum absolute atomic E-state index is 0.0805. The molecule has 4 aliphatic rings. The number of hydrogen-bond acceptors (Lipinski definition) is 0. The molecule has 310 valence electrons. The molecule has 1 aromatic heterocycles. The Morgan fingerprint density at radius 3 is 1.22 bits per heavy atom. The fraction of sp³-hybridized carbons (Fsp3) is 0.156. The first-order valence-corrected chi connectivity index (χ1v) is 24.0. The highest BCUT2D eigenvalue weighted by molar-refractivity contribution is 6.22. The Balaban J connectivity index is 1.07. The summed E-state index contributed by atoms with van der Waals surface area (Å²) in [7, 11) is 0. The van der Waals surface area contributed by atoms with Crippen molar-refractivity contribution in [1.29, 1.82) is 0 Å². The van der Waals surface area contributed by atoms with Gasteiger partial charge in [0, 0.05) is 16.5 Å². The summed E-state index contributed by atoms with van der Waals surface area (Å²) in [5.41, 5.74) is 23.2. The molecular formula is C64H49N. The van der Waals surface area contributed by atoms with Crippen molar-refractivity contribution in [1.82, 2.24) is 4.57 Å². The van der Waals surface area contributed by atoms with Crippen LogP contribution in [0.25, 0.3) is 94.3 Å². The summed E-state index contributed by atoms with van der Waals surface area (Å²) < 4.78 is 2.49. The normalized spacial score (nSPS) is 16.1. The molecule has 0 aliphatic heterocycles. The maximum Gasteiger partial charge on any atom is 0.0535 e. The van der Waals surface area contributed by atoms with E-state index in [1.165, 1.54) is 162 Å². The Morgan fingerprint density at radius 1 is 0.292 bits per heavy atom. The molecule has 0 atom stereocenters. The predicted molar refractivity (Wildman–Crippen MR) is 272 cm³/mol. The molecule has 0 unspecified atom stereocenters. The molecule has 1 heteroatoms. The molecule has 0 bridgehead atoms. The van der Waals surface area contributed by atoms with Crippen LogP contribution in [0.3, 0.4) is 0 Å². The van der Waals surface area contributed by atoms with Gasteiger partial charge in [0.15, 0.2) is 0 Å². The molecule has 2 fully saturated rings. The molecule has 0 saturated heterocycles. The zero-order chi connectivity index (χ0) is 42.7. The maximum atomic E-state index is 2.62. The molecule has 0 amide bonds. The van der Waals surface area contributed by atoms with E-state index in [1.807, 2.05) is 0 Å². The lowest BCUT2D eigenvalue weighted by atomic mass is 9.75. The Bertz CT molecular complexity index is 3480. The van der Waals surface area contributed by atoms with Gasteiger partial charge in [0.2, 0.25) is 0 Å². The minimum Gasteiger partial charge on any atom is -0.309 e. The van der Waals surface area contributed by atoms with Crippen molar-refractivity contribution >= 4 is 21.5 Å². The first-order chi connectivity index (χ1) is 32.2. The summed E-state index contributed by atoms with van der Waals surface area (Å²) >= 11 is 0. The van der Waals surface area contributed by atoms with E-state index in [4.69, 9.17) is 0 Å². The molecule has 1 nitrogen and oxygen atoms in total. The van der Waals surface area contributed by atoms with Gasteiger partial charge in [-0.2, -0.15) is 0 Å². The van der Waals surface area contributed by atoms with Crippen LogP contribution in [0.1, 0.15) is 73.6 Å². The van der Waals surface area contributed by atoms with Crippen molar-refractivity contribution in [2.45, 2.75) is 62.2 Å². The highest BCUT2D eigenvalue weighted by Crippen LogP contribution is 2.60. The second kappa shape index (κ2) is 14.1. The summed E-state index contributed by atoms with van der Waals surface area (Å²) in [6.45, 7) is 0. The summed E-state index contributed by atoms with van der Waals surface area (Å²) in [5.74, 6) is 0. The Kier molecular flexibility index (Phi) is 8.09. The molecular weight excluding hydrogens is 783 g/mol. The van der Waals surface area contributed by atoms with Gasteiger partial charge in [-0.3, -0.25) is 0 Å². The van der Waals surface area contributed by atoms with E-state index in [9.17, 15) is 0 Å². The lowest BCUT2D eigenvalue weighted by Crippen LogP contribution is -2.20. The molecule has 2 spiro atoms. The van der Waals surface area contributed by atoms with Crippen LogP contribution in [0, 0.1) is 0 Å². The van der Waals surface area contributed by atoms with Crippen molar-refractivity contribution in [3.63, 3.8) is 0 Å². The van der Waals surface area contributed by atoms with Crippen molar-refractivity contribution in [2.75, 3.05) is 0 Å². The van der Waals surface area contributed by atoms with Gasteiger partial charge in [-0.25, -0.2) is 0 Å². The van der Waals surface area contributed by atoms with Crippen molar-refractivity contribution < 1.29 is 0 Å². The van der Waals surface area contributed by atoms with Crippen LogP contribution in [-0.4, -0.2) is 4.57 Å². The lowest BCUT2D eigenvalue weighted by Gasteiger charge is -2.28. The topological polar surface area (TPSA) is 4.93 Å². The van der Waals surface area contributed by atoms with Gasteiger partial charge >= 0.3 is 0 Å². The van der Waals surface area contributed by atoms with E-state index in [0.29, 0.717) is 0 Å². The highest BCUT2D eigenvalue weighted by Gasteiger charge is 2.46. The fourth-order valence-corrected chi connectivity index (χ4v) is 13.6. The molecule has 14 rings (SSSR count). The quantitative estimate of drug-likeness (QED) is 0.152. The van der Waals surface area contributed by atoms with Crippen LogP contribution in [0.2, 0.25) is 0 Å². The van der Waals surface area contributed by atoms with E-state index in [-0.39, 0.29) is 10.8 Å². The van der Waals surface area contributed by atoms with Gasteiger partial charge in [0.25, 0.3) is 0 Å². The number of hydrogen-bond donors (Lipinski definition) is 0. The molecule has 0 N–H and O–H groups in total. The van der Waals surface area contributed by atoms with Crippen molar-refractivity contribution in [3.05, 3.63) is 222 Å². The van der Waals surface area contributed by atoms with Crippen LogP contribution >= 0.6 is 0 Å². The molecule has 10 aromatic rings. The van der Waals surface area contributed by atoms with Crippen LogP contribution < -0.4 is 0 Å². The third-order valence-electron chi connectivity index (χ3n) is 16.3. The molecule has 0 radical (unpaired) electrons. The van der Waals surface area contributed by atoms with Gasteiger partial charge in [-0.05, 0) is 162 Å². The van der Waals surface area contributed by atoms with Crippen LogP contribution in [0.15, 0.2) is 200 Å². The number of aromatic nitrogens is 1. The van der Waals surface area contributed by atoms with E-state index < -0.39 is 0 Å². The number of rotatable bonds is 5. The largest absolute Gasteiger partial charge is 0.309 e. The van der Waals surface area contributed by atoms with E-state index >= 15 is 0 Å². The second-order valence-corrected chi connectivity index (χ2v) is 19.4. The minimum atomic E-state index is 0.0805. The zero-order valence-corrected chi connectivity index (χ0v) is 36.7. The number of benzene rings is 9. The number of nitrogens with zero attached hydrogens (tertiary/aromatic N) is 1. The smallest absolute Gasteiger partial charge is 0.0535 e. The predicted octanol–water partition coefficient (Wildman–Crippen LogP) is 17.1. The second-order valence-electron chi connectivity index (χ2n) is 19.4. The first kappa shape index (κ1) is 37.2. The van der Waals surface area contributed by atoms with E-state index in [0.717, 1.165) is 5.69 Å². The van der Waals surface area contributed by atoms with Crippen LogP contribution in [0.4, 0.5) is 0 Å². The van der Waals surface area contributed by atoms with Gasteiger partial charge in [0.05, 0.1) is 11.4 Å². The maximum absolute atomic E-state index is 2.62. The lowest BCUT2D eigenvalue weighted by molar-refractivity contribution is 0.550. The summed E-state index contributed by atoms with van der Waals surface area (Å²) in [4.78, 5) is 0. The van der Waals surface area contributed by atoms with Crippen LogP contribution in [0.5, 0.6) is 0 Å². The standard InChI is InChI=1S/C64H49N/c1-3-17-42(18-4-1)59-33-34-60(43-19-5-2-6-20-43)65(59)46-29-32-53-54(41-46)62(45-28-31-50-48-22-10-12-26-56(48)64(58(50)40-45)37-15-16-38-64)52-24-8-7-23-51(52)61(53)44-27-30-49-47-21-9-11-25-55(47)63(57(49)39-44)35-13-14-36-63/h1-12,17-34,39-41H,13-16,35-38H2. The molecule has 65 heavy (non-hydrogen) atoms. The Labute approximate surface area is 381 Å². The molecule has 2 saturated carbocycles. The average molecular weight is 832 g/mol. The van der Waals surface area contributed by atoms with Crippen LogP contribution in [-0.2, 0) is 10.8 Å². The monoisotopic (exact) mass is 831 g/mol. The van der Waals surface area contributed by atoms with Gasteiger partial charge in [0.1, 0.15) is 0 Å². The van der Waals surface area contributed by atoms with E-state index in [1.54, 1.807) is 0 Å². The van der Waals surface area contributed by atoms with Gasteiger partial charge < -0.3 is 4.57 Å². The number of fused-ring (bicyclic) bond motifs is 12. The van der Waals surface area contributed by atoms with E-state index in [2.05, 4.69) is 205 Å². The first-order valence-electron chi connectivity index (χ1n) is 24.0. The fourth-order valence-electron chi connectivity index (χ4n) is 13.6. The SMILES string of the molecule is c1ccc(-c2ccc(-c3ccccc3)n2-c2ccc3c(-c4ccc5c(c4)C4(CCCC4)c4ccccc4-5)c4ccccc4c(-c4ccc5c(c4)C4(CCCC4)c4ccccc4-5)c3c2)cc1. The molecule has 9 aromatic carbocycles. The van der Waals surface area contributed by atoms with Crippen molar-refractivity contribution in [3.8, 4) is 72.7 Å². The third kappa shape index (κ3) is 5.27. The molecule has 1 heterocycles. The summed E-state index contributed by atoms with van der Waals surface area (Å²) in [6, 6.07) is 76.6. The van der Waals surface area contributed by atoms with Crippen molar-refractivity contribution in [2.24, 2.45) is 0 Å². The Morgan fingerprint density at radius 2 is 0.708 bits per heavy atom.